The third kappa shape index (κ3) is 1.97. The molecule has 0 bridgehead atoms. The number of hydrogen-bond acceptors (Lipinski definition) is 4. The molecule has 78 valence electrons. The van der Waals surface area contributed by atoms with Gasteiger partial charge >= 0.3 is 0 Å². The molecule has 1 aliphatic heterocycles. The molecule has 1 saturated heterocycles. The zero-order valence-electron chi connectivity index (χ0n) is 8.40. The van der Waals surface area contributed by atoms with Gasteiger partial charge in [-0.3, -0.25) is 0 Å². The van der Waals surface area contributed by atoms with Crippen molar-refractivity contribution < 1.29 is 4.74 Å². The monoisotopic (exact) mass is 212 g/mol. The molecule has 2 heterocycles. The van der Waals surface area contributed by atoms with Crippen molar-refractivity contribution in [3.8, 4) is 0 Å². The molecule has 0 amide bonds. The topological polar surface area (TPSA) is 48.1 Å². The van der Waals surface area contributed by atoms with Gasteiger partial charge in [0.1, 0.15) is 5.01 Å². The van der Waals surface area contributed by atoms with E-state index in [0.29, 0.717) is 5.92 Å². The summed E-state index contributed by atoms with van der Waals surface area (Å²) in [6.07, 6.45) is 2.05. The Kier molecular flexibility index (Phi) is 3.15. The lowest BCUT2D eigenvalue weighted by Crippen LogP contribution is -2.08. The minimum absolute atomic E-state index is 0.107. The highest BCUT2D eigenvalue weighted by Crippen LogP contribution is 2.28. The smallest absolute Gasteiger partial charge is 0.110 e. The molecule has 0 saturated carbocycles. The van der Waals surface area contributed by atoms with Crippen molar-refractivity contribution in [2.45, 2.75) is 31.7 Å². The lowest BCUT2D eigenvalue weighted by Gasteiger charge is -2.04. The third-order valence-electron chi connectivity index (χ3n) is 2.64. The summed E-state index contributed by atoms with van der Waals surface area (Å²) >= 11 is 1.68. The Bertz CT molecular complexity index is 294. The number of aromatic nitrogens is 1. The minimum atomic E-state index is 0.107. The van der Waals surface area contributed by atoms with E-state index in [2.05, 4.69) is 17.3 Å². The van der Waals surface area contributed by atoms with Crippen molar-refractivity contribution in [1.29, 1.82) is 0 Å². The van der Waals surface area contributed by atoms with Gasteiger partial charge in [-0.1, -0.05) is 6.92 Å². The lowest BCUT2D eigenvalue weighted by atomic mass is 10.1. The summed E-state index contributed by atoms with van der Waals surface area (Å²) in [6.45, 7) is 3.78. The molecule has 0 spiro atoms. The Labute approximate surface area is 88.3 Å². The summed E-state index contributed by atoms with van der Waals surface area (Å²) in [5, 5.41) is 3.19. The maximum atomic E-state index is 5.92. The molecule has 4 heteroatoms. The fourth-order valence-corrected chi connectivity index (χ4v) is 2.59. The van der Waals surface area contributed by atoms with Gasteiger partial charge in [0.15, 0.2) is 0 Å². The van der Waals surface area contributed by atoms with Crippen LogP contribution in [-0.2, 0) is 4.74 Å². The standard InChI is InChI=1S/C10H16N2OS/c1-2-8(11)10-12-9(6-14-10)7-3-4-13-5-7/h6-8H,2-5,11H2,1H3. The number of hydrogen-bond donors (Lipinski definition) is 1. The molecule has 3 nitrogen and oxygen atoms in total. The van der Waals surface area contributed by atoms with Crippen molar-refractivity contribution in [2.75, 3.05) is 13.2 Å². The number of thiazole rings is 1. The highest BCUT2D eigenvalue weighted by atomic mass is 32.1. The highest BCUT2D eigenvalue weighted by molar-refractivity contribution is 7.09. The second-order valence-corrected chi connectivity index (χ2v) is 4.58. The predicted molar refractivity (Wildman–Crippen MR) is 57.5 cm³/mol. The van der Waals surface area contributed by atoms with Gasteiger partial charge in [-0.25, -0.2) is 4.98 Å². The van der Waals surface area contributed by atoms with Crippen molar-refractivity contribution >= 4 is 11.3 Å². The van der Waals surface area contributed by atoms with Crippen LogP contribution in [0, 0.1) is 0 Å². The molecule has 0 aromatic carbocycles. The maximum absolute atomic E-state index is 5.92. The number of nitrogens with zero attached hydrogens (tertiary/aromatic N) is 1. The first kappa shape index (κ1) is 10.1. The molecule has 2 N–H and O–H groups in total. The van der Waals surface area contributed by atoms with E-state index in [9.17, 15) is 0 Å². The van der Waals surface area contributed by atoms with Gasteiger partial charge in [0.05, 0.1) is 18.3 Å². The first-order chi connectivity index (χ1) is 6.81. The van der Waals surface area contributed by atoms with Crippen LogP contribution in [0.1, 0.15) is 42.4 Å². The van der Waals surface area contributed by atoms with Gasteiger partial charge in [0.2, 0.25) is 0 Å². The highest BCUT2D eigenvalue weighted by Gasteiger charge is 2.21. The molecule has 14 heavy (non-hydrogen) atoms. The van der Waals surface area contributed by atoms with Crippen LogP contribution in [0.4, 0.5) is 0 Å². The van der Waals surface area contributed by atoms with Crippen LogP contribution in [0.25, 0.3) is 0 Å². The molecule has 1 aromatic heterocycles. The quantitative estimate of drug-likeness (QED) is 0.834. The van der Waals surface area contributed by atoms with Crippen LogP contribution in [0.15, 0.2) is 5.38 Å². The van der Waals surface area contributed by atoms with Crippen LogP contribution in [0.3, 0.4) is 0 Å². The first-order valence-electron chi connectivity index (χ1n) is 5.10. The van der Waals surface area contributed by atoms with Crippen LogP contribution >= 0.6 is 11.3 Å². The van der Waals surface area contributed by atoms with Gasteiger partial charge in [-0.15, -0.1) is 11.3 Å². The molecular weight excluding hydrogens is 196 g/mol. The summed E-state index contributed by atoms with van der Waals surface area (Å²) in [6, 6.07) is 0.107. The Hall–Kier alpha value is -0.450. The van der Waals surface area contributed by atoms with E-state index in [0.717, 1.165) is 31.1 Å². The molecule has 0 radical (unpaired) electrons. The summed E-state index contributed by atoms with van der Waals surface area (Å²) < 4.78 is 5.34. The van der Waals surface area contributed by atoms with Crippen LogP contribution in [0.5, 0.6) is 0 Å². The van der Waals surface area contributed by atoms with Crippen molar-refractivity contribution in [2.24, 2.45) is 5.73 Å². The fraction of sp³-hybridized carbons (Fsp3) is 0.700. The molecule has 2 rings (SSSR count). The van der Waals surface area contributed by atoms with Crippen LogP contribution in [0.2, 0.25) is 0 Å². The molecule has 2 unspecified atom stereocenters. The number of ether oxygens (including phenoxy) is 1. The Morgan fingerprint density at radius 2 is 2.64 bits per heavy atom. The second kappa shape index (κ2) is 4.38. The molecule has 1 aliphatic rings. The van der Waals surface area contributed by atoms with Crippen molar-refractivity contribution in [3.05, 3.63) is 16.1 Å². The number of nitrogens with two attached hydrogens (primary N) is 1. The summed E-state index contributed by atoms with van der Waals surface area (Å²) in [7, 11) is 0. The van der Waals surface area contributed by atoms with E-state index in [-0.39, 0.29) is 6.04 Å². The third-order valence-corrected chi connectivity index (χ3v) is 3.64. The van der Waals surface area contributed by atoms with Gasteiger partial charge in [-0.05, 0) is 12.8 Å². The fourth-order valence-electron chi connectivity index (χ4n) is 1.60. The number of rotatable bonds is 3. The summed E-state index contributed by atoms with van der Waals surface area (Å²) in [4.78, 5) is 4.58. The largest absolute Gasteiger partial charge is 0.381 e. The summed E-state index contributed by atoms with van der Waals surface area (Å²) in [5.41, 5.74) is 7.10. The molecule has 0 aliphatic carbocycles. The second-order valence-electron chi connectivity index (χ2n) is 3.69. The Morgan fingerprint density at radius 1 is 1.79 bits per heavy atom. The minimum Gasteiger partial charge on any atom is -0.381 e. The predicted octanol–water partition coefficient (Wildman–Crippen LogP) is 2.06. The van der Waals surface area contributed by atoms with Gasteiger partial charge < -0.3 is 10.5 Å². The van der Waals surface area contributed by atoms with Gasteiger partial charge in [-0.2, -0.15) is 0 Å². The first-order valence-corrected chi connectivity index (χ1v) is 5.98. The molecule has 2 atom stereocenters. The van der Waals surface area contributed by atoms with E-state index < -0.39 is 0 Å². The SMILES string of the molecule is CCC(N)c1nc(C2CCOC2)cs1. The van der Waals surface area contributed by atoms with E-state index in [1.165, 1.54) is 5.69 Å². The average Bonchev–Trinajstić information content (AvgIpc) is 2.86. The zero-order valence-corrected chi connectivity index (χ0v) is 9.22. The molecule has 1 fully saturated rings. The average molecular weight is 212 g/mol. The van der Waals surface area contributed by atoms with Crippen LogP contribution < -0.4 is 5.73 Å². The van der Waals surface area contributed by atoms with Gasteiger partial charge in [0, 0.05) is 17.9 Å². The van der Waals surface area contributed by atoms with Crippen molar-refractivity contribution in [1.82, 2.24) is 4.98 Å². The van der Waals surface area contributed by atoms with E-state index in [1.807, 2.05) is 0 Å². The molecule has 1 aromatic rings. The normalized spacial score (nSPS) is 24.0. The lowest BCUT2D eigenvalue weighted by molar-refractivity contribution is 0.193. The van der Waals surface area contributed by atoms with E-state index >= 15 is 0 Å². The summed E-state index contributed by atoms with van der Waals surface area (Å²) in [5.74, 6) is 0.504. The van der Waals surface area contributed by atoms with Crippen LogP contribution in [-0.4, -0.2) is 18.2 Å². The van der Waals surface area contributed by atoms with Crippen molar-refractivity contribution in [3.63, 3.8) is 0 Å². The maximum Gasteiger partial charge on any atom is 0.110 e. The zero-order chi connectivity index (χ0) is 9.97. The Balaban J connectivity index is 2.08. The Morgan fingerprint density at radius 3 is 3.29 bits per heavy atom. The van der Waals surface area contributed by atoms with Gasteiger partial charge in [0.25, 0.3) is 0 Å². The molecular formula is C10H16N2OS. The van der Waals surface area contributed by atoms with E-state index in [4.69, 9.17) is 10.5 Å². The van der Waals surface area contributed by atoms with E-state index in [1.54, 1.807) is 11.3 Å².